The van der Waals surface area contributed by atoms with E-state index in [1.165, 1.54) is 9.78 Å². The molecule has 1 aliphatic heterocycles. The molecule has 5 nitrogen and oxygen atoms in total. The van der Waals surface area contributed by atoms with Crippen LogP contribution in [0.5, 0.6) is 0 Å². The third-order valence-corrected chi connectivity index (χ3v) is 5.76. The van der Waals surface area contributed by atoms with Gasteiger partial charge in [-0.25, -0.2) is 0 Å². The predicted molar refractivity (Wildman–Crippen MR) is 109 cm³/mol. The Hall–Kier alpha value is -2.18. The number of piperidine rings is 1. The number of likely N-dealkylation sites (N-methyl/N-ethyl adjacent to an activating group) is 1. The van der Waals surface area contributed by atoms with Crippen LogP contribution in [0.4, 0.5) is 0 Å². The Bertz CT molecular complexity index is 733. The van der Waals surface area contributed by atoms with E-state index in [1.54, 1.807) is 30.5 Å². The molecule has 0 radical (unpaired) electrons. The average Bonchev–Trinajstić information content (AvgIpc) is 3.20. The fourth-order valence-electron chi connectivity index (χ4n) is 3.49. The van der Waals surface area contributed by atoms with Crippen LogP contribution in [-0.2, 0) is 11.3 Å². The number of nitrogens with zero attached hydrogens (tertiary/aromatic N) is 2. The zero-order valence-corrected chi connectivity index (χ0v) is 16.6. The molecule has 1 N–H and O–H groups in total. The van der Waals surface area contributed by atoms with Gasteiger partial charge in [-0.3, -0.25) is 14.5 Å². The Morgan fingerprint density at radius 3 is 2.78 bits per heavy atom. The van der Waals surface area contributed by atoms with Gasteiger partial charge in [0.2, 0.25) is 5.91 Å². The van der Waals surface area contributed by atoms with Gasteiger partial charge in [-0.05, 0) is 48.9 Å². The van der Waals surface area contributed by atoms with Gasteiger partial charge >= 0.3 is 0 Å². The van der Waals surface area contributed by atoms with E-state index in [9.17, 15) is 9.59 Å². The summed E-state index contributed by atoms with van der Waals surface area (Å²) in [6, 6.07) is 13.3. The second-order valence-corrected chi connectivity index (χ2v) is 8.19. The standard InChI is InChI=1S/C21H27N3O2S/c1-23(21(26)18-8-3-2-4-9-18)16-20(25)22-13-17-7-5-11-24(14-17)15-19-10-6-12-27-19/h2-4,6,8-10,12,17H,5,7,11,13-16H2,1H3,(H,22,25). The highest BCUT2D eigenvalue weighted by molar-refractivity contribution is 7.09. The SMILES string of the molecule is CN(CC(=O)NCC1CCCN(Cc2cccs2)C1)C(=O)c1ccccc1. The van der Waals surface area contributed by atoms with E-state index in [2.05, 4.69) is 27.7 Å². The van der Waals surface area contributed by atoms with Crippen LogP contribution >= 0.6 is 11.3 Å². The lowest BCUT2D eigenvalue weighted by Gasteiger charge is -2.32. The molecule has 144 valence electrons. The number of thiophene rings is 1. The maximum atomic E-state index is 12.3. The Balaban J connectivity index is 1.41. The van der Waals surface area contributed by atoms with Gasteiger partial charge in [0.25, 0.3) is 5.91 Å². The summed E-state index contributed by atoms with van der Waals surface area (Å²) >= 11 is 1.79. The number of amides is 2. The first-order chi connectivity index (χ1) is 13.1. The van der Waals surface area contributed by atoms with Crippen molar-refractivity contribution in [2.45, 2.75) is 19.4 Å². The summed E-state index contributed by atoms with van der Waals surface area (Å²) in [4.78, 5) is 29.9. The molecule has 1 atom stereocenters. The summed E-state index contributed by atoms with van der Waals surface area (Å²) < 4.78 is 0. The van der Waals surface area contributed by atoms with Crippen molar-refractivity contribution in [3.05, 3.63) is 58.3 Å². The third-order valence-electron chi connectivity index (χ3n) is 4.90. The number of carbonyl (C=O) groups excluding carboxylic acids is 2. The summed E-state index contributed by atoms with van der Waals surface area (Å²) in [5.74, 6) is 0.237. The molecule has 0 bridgehead atoms. The number of benzene rings is 1. The van der Waals surface area contributed by atoms with Gasteiger partial charge in [0, 0.05) is 37.1 Å². The summed E-state index contributed by atoms with van der Waals surface area (Å²) in [7, 11) is 1.66. The van der Waals surface area contributed by atoms with Gasteiger partial charge in [-0.1, -0.05) is 24.3 Å². The normalized spacial score (nSPS) is 17.4. The van der Waals surface area contributed by atoms with Gasteiger partial charge in [0.15, 0.2) is 0 Å². The molecule has 1 fully saturated rings. The number of hydrogen-bond acceptors (Lipinski definition) is 4. The molecule has 2 heterocycles. The van der Waals surface area contributed by atoms with Crippen molar-refractivity contribution in [2.75, 3.05) is 33.2 Å². The highest BCUT2D eigenvalue weighted by Crippen LogP contribution is 2.20. The van der Waals surface area contributed by atoms with Crippen molar-refractivity contribution in [3.63, 3.8) is 0 Å². The lowest BCUT2D eigenvalue weighted by molar-refractivity contribution is -0.121. The van der Waals surface area contributed by atoms with Gasteiger partial charge < -0.3 is 10.2 Å². The van der Waals surface area contributed by atoms with Crippen molar-refractivity contribution in [3.8, 4) is 0 Å². The molecule has 1 aromatic carbocycles. The molecular weight excluding hydrogens is 358 g/mol. The van der Waals surface area contributed by atoms with Crippen LogP contribution < -0.4 is 5.32 Å². The number of hydrogen-bond donors (Lipinski definition) is 1. The van der Waals surface area contributed by atoms with Crippen molar-refractivity contribution in [2.24, 2.45) is 5.92 Å². The van der Waals surface area contributed by atoms with Crippen molar-refractivity contribution < 1.29 is 9.59 Å². The van der Waals surface area contributed by atoms with Gasteiger partial charge in [0.05, 0.1) is 6.54 Å². The number of carbonyl (C=O) groups is 2. The van der Waals surface area contributed by atoms with E-state index in [0.29, 0.717) is 18.0 Å². The molecule has 0 spiro atoms. The lowest BCUT2D eigenvalue weighted by Crippen LogP contribution is -2.43. The molecule has 0 aliphatic carbocycles. The molecule has 27 heavy (non-hydrogen) atoms. The van der Waals surface area contributed by atoms with Gasteiger partial charge in [-0.2, -0.15) is 0 Å². The third kappa shape index (κ3) is 5.91. The van der Waals surface area contributed by atoms with Crippen LogP contribution in [0.15, 0.2) is 47.8 Å². The van der Waals surface area contributed by atoms with Crippen LogP contribution in [0.3, 0.4) is 0 Å². The summed E-state index contributed by atoms with van der Waals surface area (Å²) in [6.45, 7) is 3.89. The zero-order chi connectivity index (χ0) is 19.1. The Labute approximate surface area is 165 Å². The quantitative estimate of drug-likeness (QED) is 0.797. The minimum atomic E-state index is -0.134. The molecule has 0 saturated carbocycles. The van der Waals surface area contributed by atoms with Crippen molar-refractivity contribution >= 4 is 23.2 Å². The molecule has 1 aromatic heterocycles. The van der Waals surface area contributed by atoms with E-state index in [1.807, 2.05) is 18.2 Å². The van der Waals surface area contributed by atoms with Crippen LogP contribution in [-0.4, -0.2) is 54.8 Å². The Kier molecular flexibility index (Phi) is 7.01. The summed E-state index contributed by atoms with van der Waals surface area (Å²) in [5.41, 5.74) is 0.601. The smallest absolute Gasteiger partial charge is 0.254 e. The molecule has 2 aromatic rings. The largest absolute Gasteiger partial charge is 0.354 e. The zero-order valence-electron chi connectivity index (χ0n) is 15.8. The number of likely N-dealkylation sites (tertiary alicyclic amines) is 1. The fourth-order valence-corrected chi connectivity index (χ4v) is 4.23. The van der Waals surface area contributed by atoms with Gasteiger partial charge in [0.1, 0.15) is 0 Å². The maximum Gasteiger partial charge on any atom is 0.254 e. The van der Waals surface area contributed by atoms with E-state index in [0.717, 1.165) is 32.5 Å². The van der Waals surface area contributed by atoms with Gasteiger partial charge in [-0.15, -0.1) is 11.3 Å². The molecule has 1 aliphatic rings. The van der Waals surface area contributed by atoms with Crippen molar-refractivity contribution in [1.82, 2.24) is 15.1 Å². The van der Waals surface area contributed by atoms with E-state index < -0.39 is 0 Å². The van der Waals surface area contributed by atoms with Crippen LogP contribution in [0.25, 0.3) is 0 Å². The fraction of sp³-hybridized carbons (Fsp3) is 0.429. The monoisotopic (exact) mass is 385 g/mol. The molecule has 3 rings (SSSR count). The minimum absolute atomic E-state index is 0.0827. The molecule has 2 amide bonds. The highest BCUT2D eigenvalue weighted by Gasteiger charge is 2.21. The lowest BCUT2D eigenvalue weighted by atomic mass is 9.98. The van der Waals surface area contributed by atoms with Crippen LogP contribution in [0, 0.1) is 5.92 Å². The van der Waals surface area contributed by atoms with Crippen LogP contribution in [0.2, 0.25) is 0 Å². The first kappa shape index (κ1) is 19.6. The summed E-state index contributed by atoms with van der Waals surface area (Å²) in [5, 5.41) is 5.13. The topological polar surface area (TPSA) is 52.7 Å². The van der Waals surface area contributed by atoms with Crippen molar-refractivity contribution in [1.29, 1.82) is 0 Å². The van der Waals surface area contributed by atoms with E-state index >= 15 is 0 Å². The Morgan fingerprint density at radius 2 is 2.04 bits per heavy atom. The average molecular weight is 386 g/mol. The predicted octanol–water partition coefficient (Wildman–Crippen LogP) is 2.85. The first-order valence-corrected chi connectivity index (χ1v) is 10.3. The molecule has 6 heteroatoms. The Morgan fingerprint density at radius 1 is 1.22 bits per heavy atom. The van der Waals surface area contributed by atoms with E-state index in [4.69, 9.17) is 0 Å². The minimum Gasteiger partial charge on any atom is -0.354 e. The number of rotatable bonds is 7. The molecular formula is C21H27N3O2S. The summed E-state index contributed by atoms with van der Waals surface area (Å²) in [6.07, 6.45) is 2.30. The second-order valence-electron chi connectivity index (χ2n) is 7.15. The van der Waals surface area contributed by atoms with E-state index in [-0.39, 0.29) is 18.4 Å². The maximum absolute atomic E-state index is 12.3. The first-order valence-electron chi connectivity index (χ1n) is 9.44. The molecule has 1 saturated heterocycles. The highest BCUT2D eigenvalue weighted by atomic mass is 32.1. The number of nitrogens with one attached hydrogen (secondary N) is 1. The molecule has 1 unspecified atom stereocenters. The second kappa shape index (κ2) is 9.67. The van der Waals surface area contributed by atoms with Crippen LogP contribution in [0.1, 0.15) is 28.1 Å².